The SMILES string of the molecule is CC(C)(C)[C@H](N)C(=O)N(CC(=O)O)c1cccc(Cl)c1. The maximum Gasteiger partial charge on any atom is 0.323 e. The van der Waals surface area contributed by atoms with Gasteiger partial charge in [-0.15, -0.1) is 0 Å². The molecule has 0 saturated heterocycles. The van der Waals surface area contributed by atoms with Crippen molar-refractivity contribution in [2.75, 3.05) is 11.4 Å². The van der Waals surface area contributed by atoms with E-state index < -0.39 is 29.9 Å². The molecule has 3 N–H and O–H groups in total. The maximum atomic E-state index is 12.4. The number of anilines is 1. The molecule has 0 heterocycles. The Hall–Kier alpha value is -1.59. The molecule has 0 bridgehead atoms. The third-order valence-electron chi connectivity index (χ3n) is 2.88. The van der Waals surface area contributed by atoms with Gasteiger partial charge in [0, 0.05) is 10.7 Å². The van der Waals surface area contributed by atoms with Gasteiger partial charge in [0.2, 0.25) is 5.91 Å². The smallest absolute Gasteiger partial charge is 0.323 e. The molecule has 0 aliphatic heterocycles. The van der Waals surface area contributed by atoms with Crippen LogP contribution in [-0.2, 0) is 9.59 Å². The monoisotopic (exact) mass is 298 g/mol. The Bertz CT molecular complexity index is 511. The summed E-state index contributed by atoms with van der Waals surface area (Å²) in [4.78, 5) is 24.6. The first-order valence-electron chi connectivity index (χ1n) is 6.17. The van der Waals surface area contributed by atoms with Crippen molar-refractivity contribution in [3.05, 3.63) is 29.3 Å². The van der Waals surface area contributed by atoms with Gasteiger partial charge >= 0.3 is 5.97 Å². The Morgan fingerprint density at radius 1 is 1.40 bits per heavy atom. The zero-order valence-electron chi connectivity index (χ0n) is 11.8. The number of hydrogen-bond acceptors (Lipinski definition) is 3. The van der Waals surface area contributed by atoms with Crippen LogP contribution in [0.5, 0.6) is 0 Å². The molecule has 1 rings (SSSR count). The highest BCUT2D eigenvalue weighted by Gasteiger charge is 2.32. The van der Waals surface area contributed by atoms with Crippen LogP contribution in [0.2, 0.25) is 5.02 Å². The van der Waals surface area contributed by atoms with Crippen molar-refractivity contribution < 1.29 is 14.7 Å². The normalized spacial score (nSPS) is 12.8. The predicted molar refractivity (Wildman–Crippen MR) is 78.9 cm³/mol. The molecule has 0 fully saturated rings. The topological polar surface area (TPSA) is 83.6 Å². The van der Waals surface area contributed by atoms with Gasteiger partial charge in [0.15, 0.2) is 0 Å². The molecule has 0 aliphatic carbocycles. The molecular formula is C14H19ClN2O3. The van der Waals surface area contributed by atoms with Gasteiger partial charge < -0.3 is 10.8 Å². The molecule has 0 radical (unpaired) electrons. The highest BCUT2D eigenvalue weighted by atomic mass is 35.5. The number of carbonyl (C=O) groups is 2. The first-order valence-corrected chi connectivity index (χ1v) is 6.55. The lowest BCUT2D eigenvalue weighted by Gasteiger charge is -2.31. The second-order valence-corrected chi connectivity index (χ2v) is 6.08. The zero-order chi connectivity index (χ0) is 15.5. The van der Waals surface area contributed by atoms with E-state index in [1.165, 1.54) is 6.07 Å². The summed E-state index contributed by atoms with van der Waals surface area (Å²) < 4.78 is 0. The second-order valence-electron chi connectivity index (χ2n) is 5.64. The van der Waals surface area contributed by atoms with Gasteiger partial charge in [0.25, 0.3) is 0 Å². The fourth-order valence-electron chi connectivity index (χ4n) is 1.61. The van der Waals surface area contributed by atoms with E-state index in [-0.39, 0.29) is 0 Å². The molecule has 0 spiro atoms. The molecular weight excluding hydrogens is 280 g/mol. The average molecular weight is 299 g/mol. The number of carbonyl (C=O) groups excluding carboxylic acids is 1. The summed E-state index contributed by atoms with van der Waals surface area (Å²) in [6.07, 6.45) is 0. The Morgan fingerprint density at radius 2 is 2.00 bits per heavy atom. The molecule has 0 aromatic heterocycles. The van der Waals surface area contributed by atoms with E-state index in [0.717, 1.165) is 4.90 Å². The summed E-state index contributed by atoms with van der Waals surface area (Å²) in [7, 11) is 0. The lowest BCUT2D eigenvalue weighted by atomic mass is 9.86. The van der Waals surface area contributed by atoms with Crippen LogP contribution in [0.3, 0.4) is 0 Å². The lowest BCUT2D eigenvalue weighted by Crippen LogP contribution is -2.52. The third-order valence-corrected chi connectivity index (χ3v) is 3.11. The van der Waals surface area contributed by atoms with E-state index in [1.54, 1.807) is 18.2 Å². The number of benzene rings is 1. The lowest BCUT2D eigenvalue weighted by molar-refractivity contribution is -0.137. The first kappa shape index (κ1) is 16.5. The van der Waals surface area contributed by atoms with Crippen molar-refractivity contribution in [3.63, 3.8) is 0 Å². The van der Waals surface area contributed by atoms with Gasteiger partial charge in [-0.05, 0) is 23.6 Å². The number of hydrogen-bond donors (Lipinski definition) is 2. The minimum atomic E-state index is -1.11. The summed E-state index contributed by atoms with van der Waals surface area (Å²) in [6.45, 7) is 5.02. The zero-order valence-corrected chi connectivity index (χ0v) is 12.5. The Balaban J connectivity index is 3.13. The Morgan fingerprint density at radius 3 is 2.45 bits per heavy atom. The number of carboxylic acids is 1. The van der Waals surface area contributed by atoms with Crippen molar-refractivity contribution >= 4 is 29.2 Å². The van der Waals surface area contributed by atoms with Crippen molar-refractivity contribution in [1.29, 1.82) is 0 Å². The number of carboxylic acid groups (broad SMARTS) is 1. The van der Waals surface area contributed by atoms with E-state index in [2.05, 4.69) is 0 Å². The molecule has 1 aromatic carbocycles. The van der Waals surface area contributed by atoms with Crippen LogP contribution >= 0.6 is 11.6 Å². The van der Waals surface area contributed by atoms with Crippen LogP contribution in [0.15, 0.2) is 24.3 Å². The number of rotatable bonds is 4. The Kier molecular flexibility index (Phi) is 5.14. The van der Waals surface area contributed by atoms with E-state index in [9.17, 15) is 9.59 Å². The molecule has 110 valence electrons. The van der Waals surface area contributed by atoms with Crippen molar-refractivity contribution in [2.24, 2.45) is 11.1 Å². The second kappa shape index (κ2) is 6.24. The van der Waals surface area contributed by atoms with Gasteiger partial charge in [-0.3, -0.25) is 14.5 Å². The maximum absolute atomic E-state index is 12.4. The van der Waals surface area contributed by atoms with Crippen LogP contribution in [0.1, 0.15) is 20.8 Å². The first-order chi connectivity index (χ1) is 9.12. The minimum absolute atomic E-state index is 0.421. The van der Waals surface area contributed by atoms with E-state index in [1.807, 2.05) is 20.8 Å². The number of amides is 1. The van der Waals surface area contributed by atoms with Gasteiger partial charge in [-0.1, -0.05) is 38.4 Å². The molecule has 0 aliphatic rings. The highest BCUT2D eigenvalue weighted by molar-refractivity contribution is 6.31. The fraction of sp³-hybridized carbons (Fsp3) is 0.429. The van der Waals surface area contributed by atoms with Gasteiger partial charge in [0.1, 0.15) is 6.54 Å². The molecule has 1 aromatic rings. The van der Waals surface area contributed by atoms with E-state index in [4.69, 9.17) is 22.4 Å². The van der Waals surface area contributed by atoms with Crippen molar-refractivity contribution in [1.82, 2.24) is 0 Å². The molecule has 5 nitrogen and oxygen atoms in total. The fourth-order valence-corrected chi connectivity index (χ4v) is 1.80. The van der Waals surface area contributed by atoms with E-state index >= 15 is 0 Å². The van der Waals surface area contributed by atoms with Crippen LogP contribution in [0, 0.1) is 5.41 Å². The molecule has 6 heteroatoms. The molecule has 0 unspecified atom stereocenters. The third kappa shape index (κ3) is 4.21. The quantitative estimate of drug-likeness (QED) is 0.892. The van der Waals surface area contributed by atoms with Crippen LogP contribution in [0.4, 0.5) is 5.69 Å². The number of nitrogens with two attached hydrogens (primary N) is 1. The molecule has 1 amide bonds. The molecule has 1 atom stereocenters. The van der Waals surface area contributed by atoms with Crippen molar-refractivity contribution in [3.8, 4) is 0 Å². The van der Waals surface area contributed by atoms with Gasteiger partial charge in [-0.25, -0.2) is 0 Å². The number of aliphatic carboxylic acids is 1. The largest absolute Gasteiger partial charge is 0.480 e. The van der Waals surface area contributed by atoms with Crippen molar-refractivity contribution in [2.45, 2.75) is 26.8 Å². The summed E-state index contributed by atoms with van der Waals surface area (Å²) in [5, 5.41) is 9.41. The summed E-state index contributed by atoms with van der Waals surface area (Å²) >= 11 is 5.88. The van der Waals surface area contributed by atoms with Crippen LogP contribution in [0.25, 0.3) is 0 Å². The minimum Gasteiger partial charge on any atom is -0.480 e. The van der Waals surface area contributed by atoms with Crippen LogP contribution in [-0.4, -0.2) is 29.6 Å². The van der Waals surface area contributed by atoms with E-state index in [0.29, 0.717) is 10.7 Å². The number of halogens is 1. The molecule has 20 heavy (non-hydrogen) atoms. The standard InChI is InChI=1S/C14H19ClN2O3/c1-14(2,3)12(16)13(20)17(8-11(18)19)10-6-4-5-9(15)7-10/h4-7,12H,8,16H2,1-3H3,(H,18,19)/t12-/m1/s1. The summed E-state index contributed by atoms with van der Waals surface area (Å²) in [5.74, 6) is -1.55. The predicted octanol–water partition coefficient (Wildman–Crippen LogP) is 2.13. The van der Waals surface area contributed by atoms with Gasteiger partial charge in [-0.2, -0.15) is 0 Å². The highest BCUT2D eigenvalue weighted by Crippen LogP contribution is 2.24. The summed E-state index contributed by atoms with van der Waals surface area (Å²) in [5.41, 5.74) is 5.88. The Labute approximate surface area is 123 Å². The van der Waals surface area contributed by atoms with Crippen LogP contribution < -0.4 is 10.6 Å². The average Bonchev–Trinajstić information content (AvgIpc) is 2.32. The summed E-state index contributed by atoms with van der Waals surface area (Å²) in [6, 6.07) is 5.67. The van der Waals surface area contributed by atoms with Gasteiger partial charge in [0.05, 0.1) is 6.04 Å². The number of nitrogens with zero attached hydrogens (tertiary/aromatic N) is 1. The molecule has 0 saturated carbocycles.